The Morgan fingerprint density at radius 2 is 1.89 bits per heavy atom. The maximum Gasteiger partial charge on any atom is 0.0133 e. The molecule has 0 heterocycles. The summed E-state index contributed by atoms with van der Waals surface area (Å²) in [5, 5.41) is 0. The van der Waals surface area contributed by atoms with E-state index in [1.165, 1.54) is 41.5 Å². The highest BCUT2D eigenvalue weighted by Crippen LogP contribution is 2.33. The lowest BCUT2D eigenvalue weighted by molar-refractivity contribution is 0.589. The van der Waals surface area contributed by atoms with Gasteiger partial charge in [-0.2, -0.15) is 0 Å². The zero-order valence-corrected chi connectivity index (χ0v) is 14.5. The van der Waals surface area contributed by atoms with E-state index in [2.05, 4.69) is 75.9 Å². The van der Waals surface area contributed by atoms with Crippen LogP contribution < -0.4 is 0 Å². The van der Waals surface area contributed by atoms with Crippen molar-refractivity contribution in [2.45, 2.75) is 59.3 Å². The fraction of sp³-hybridized carbons (Fsp3) is 0.529. The molecule has 0 unspecified atom stereocenters. The lowest BCUT2D eigenvalue weighted by Crippen LogP contribution is -2.13. The van der Waals surface area contributed by atoms with E-state index in [9.17, 15) is 0 Å². The van der Waals surface area contributed by atoms with Gasteiger partial charge in [0, 0.05) is 3.58 Å². The van der Waals surface area contributed by atoms with Crippen LogP contribution in [0, 0.1) is 6.92 Å². The van der Waals surface area contributed by atoms with Crippen molar-refractivity contribution in [2.75, 3.05) is 0 Å². The molecular formula is C17H25I. The van der Waals surface area contributed by atoms with Crippen molar-refractivity contribution in [3.8, 4) is 0 Å². The molecule has 1 heteroatoms. The molecule has 0 radical (unpaired) electrons. The molecule has 0 aliphatic heterocycles. The summed E-state index contributed by atoms with van der Waals surface area (Å²) in [7, 11) is 0. The number of halogens is 1. The quantitative estimate of drug-likeness (QED) is 0.577. The highest BCUT2D eigenvalue weighted by atomic mass is 127. The van der Waals surface area contributed by atoms with Gasteiger partial charge in [0.25, 0.3) is 0 Å². The normalized spacial score (nSPS) is 11.7. The summed E-state index contributed by atoms with van der Waals surface area (Å²) in [5.41, 5.74) is 5.88. The second kappa shape index (κ2) is 6.23. The van der Waals surface area contributed by atoms with Gasteiger partial charge in [-0.1, -0.05) is 46.8 Å². The van der Waals surface area contributed by atoms with Crippen molar-refractivity contribution >= 4 is 26.2 Å². The summed E-state index contributed by atoms with van der Waals surface area (Å²) >= 11 is 2.35. The van der Waals surface area contributed by atoms with Crippen molar-refractivity contribution < 1.29 is 0 Å². The minimum absolute atomic E-state index is 0.203. The van der Waals surface area contributed by atoms with Crippen LogP contribution in [-0.2, 0) is 11.8 Å². The van der Waals surface area contributed by atoms with Gasteiger partial charge in [0.05, 0.1) is 0 Å². The monoisotopic (exact) mass is 356 g/mol. The lowest BCUT2D eigenvalue weighted by Gasteiger charge is -2.23. The van der Waals surface area contributed by atoms with Crippen LogP contribution in [0.5, 0.6) is 0 Å². The Balaban J connectivity index is 3.31. The second-order valence-electron chi connectivity index (χ2n) is 6.08. The molecule has 0 N–H and O–H groups in total. The van der Waals surface area contributed by atoms with Crippen molar-refractivity contribution in [1.29, 1.82) is 0 Å². The van der Waals surface area contributed by atoms with Gasteiger partial charge >= 0.3 is 0 Å². The molecule has 0 spiro atoms. The van der Waals surface area contributed by atoms with E-state index in [0.717, 1.165) is 3.58 Å². The van der Waals surface area contributed by atoms with Crippen molar-refractivity contribution in [2.24, 2.45) is 0 Å². The zero-order valence-electron chi connectivity index (χ0n) is 12.4. The average Bonchev–Trinajstić information content (AvgIpc) is 2.25. The third-order valence-corrected chi connectivity index (χ3v) is 3.99. The molecule has 0 aliphatic rings. The van der Waals surface area contributed by atoms with E-state index in [1.54, 1.807) is 0 Å². The number of rotatable bonds is 4. The van der Waals surface area contributed by atoms with Gasteiger partial charge in [-0.15, -0.1) is 0 Å². The van der Waals surface area contributed by atoms with Gasteiger partial charge in [-0.3, -0.25) is 0 Å². The van der Waals surface area contributed by atoms with Crippen molar-refractivity contribution in [3.05, 3.63) is 41.0 Å². The van der Waals surface area contributed by atoms with Crippen molar-refractivity contribution in [3.63, 3.8) is 0 Å². The Morgan fingerprint density at radius 3 is 2.33 bits per heavy atom. The first-order chi connectivity index (χ1) is 8.27. The highest BCUT2D eigenvalue weighted by molar-refractivity contribution is 14.1. The predicted molar refractivity (Wildman–Crippen MR) is 91.5 cm³/mol. The molecule has 0 bridgehead atoms. The molecule has 1 aromatic carbocycles. The summed E-state index contributed by atoms with van der Waals surface area (Å²) < 4.78 is 1.16. The first kappa shape index (κ1) is 15.7. The standard InChI is InChI=1S/C17H25I/c1-7-8-9-15-12(2)10-14(17(4,5)6)11-16(15)13(3)18/h10-11H,3,7-9H2,1-2,4-6H3. The molecule has 18 heavy (non-hydrogen) atoms. The van der Waals surface area contributed by atoms with E-state index >= 15 is 0 Å². The third kappa shape index (κ3) is 3.84. The van der Waals surface area contributed by atoms with Gasteiger partial charge in [0.15, 0.2) is 0 Å². The highest BCUT2D eigenvalue weighted by Gasteiger charge is 2.17. The topological polar surface area (TPSA) is 0 Å². The van der Waals surface area contributed by atoms with Crippen molar-refractivity contribution in [1.82, 2.24) is 0 Å². The number of benzene rings is 1. The van der Waals surface area contributed by atoms with Crippen LogP contribution in [0.1, 0.15) is 62.8 Å². The van der Waals surface area contributed by atoms with Gasteiger partial charge in [-0.25, -0.2) is 0 Å². The Labute approximate surface area is 126 Å². The smallest absolute Gasteiger partial charge is 0.0133 e. The van der Waals surface area contributed by atoms with Crippen LogP contribution in [0.4, 0.5) is 0 Å². The van der Waals surface area contributed by atoms with Crippen LogP contribution >= 0.6 is 22.6 Å². The molecule has 0 saturated carbocycles. The molecule has 100 valence electrons. The molecule has 0 atom stereocenters. The molecule has 1 rings (SSSR count). The number of aryl methyl sites for hydroxylation is 1. The van der Waals surface area contributed by atoms with E-state index in [4.69, 9.17) is 0 Å². The lowest BCUT2D eigenvalue weighted by atomic mass is 9.83. The van der Waals surface area contributed by atoms with E-state index in [-0.39, 0.29) is 5.41 Å². The molecule has 0 aromatic heterocycles. The summed E-state index contributed by atoms with van der Waals surface area (Å²) in [6.45, 7) is 15.4. The summed E-state index contributed by atoms with van der Waals surface area (Å²) in [4.78, 5) is 0. The van der Waals surface area contributed by atoms with Crippen LogP contribution in [0.25, 0.3) is 3.58 Å². The molecule has 0 fully saturated rings. The maximum atomic E-state index is 4.15. The Morgan fingerprint density at radius 1 is 1.28 bits per heavy atom. The summed E-state index contributed by atoms with van der Waals surface area (Å²) in [5.74, 6) is 0. The average molecular weight is 356 g/mol. The minimum Gasteiger partial charge on any atom is -0.0850 e. The third-order valence-electron chi connectivity index (χ3n) is 3.41. The van der Waals surface area contributed by atoms with Crippen LogP contribution in [0.2, 0.25) is 0 Å². The Kier molecular flexibility index (Phi) is 5.45. The van der Waals surface area contributed by atoms with Gasteiger partial charge in [0.2, 0.25) is 0 Å². The van der Waals surface area contributed by atoms with Gasteiger partial charge in [0.1, 0.15) is 0 Å². The van der Waals surface area contributed by atoms with E-state index in [0.29, 0.717) is 0 Å². The van der Waals surface area contributed by atoms with E-state index < -0.39 is 0 Å². The molecule has 1 aromatic rings. The Bertz CT molecular complexity index is 436. The largest absolute Gasteiger partial charge is 0.0850 e. The van der Waals surface area contributed by atoms with Crippen LogP contribution in [-0.4, -0.2) is 0 Å². The summed E-state index contributed by atoms with van der Waals surface area (Å²) in [6.07, 6.45) is 3.67. The fourth-order valence-corrected chi connectivity index (χ4v) is 2.66. The first-order valence-electron chi connectivity index (χ1n) is 6.76. The van der Waals surface area contributed by atoms with Gasteiger partial charge < -0.3 is 0 Å². The molecule has 0 saturated heterocycles. The van der Waals surface area contributed by atoms with Crippen LogP contribution in [0.15, 0.2) is 18.7 Å². The molecule has 0 nitrogen and oxygen atoms in total. The SMILES string of the molecule is C=C(I)c1cc(C(C)(C)C)cc(C)c1CCCC. The first-order valence-corrected chi connectivity index (χ1v) is 7.84. The molecular weight excluding hydrogens is 331 g/mol. The molecule has 0 amide bonds. The molecule has 0 aliphatic carbocycles. The predicted octanol–water partition coefficient (Wildman–Crippen LogP) is 6.04. The minimum atomic E-state index is 0.203. The second-order valence-corrected chi connectivity index (χ2v) is 7.38. The zero-order chi connectivity index (χ0) is 13.9. The van der Waals surface area contributed by atoms with Gasteiger partial charge in [-0.05, 0) is 76.1 Å². The number of hydrogen-bond acceptors (Lipinski definition) is 0. The fourth-order valence-electron chi connectivity index (χ4n) is 2.18. The number of unbranched alkanes of at least 4 members (excludes halogenated alkanes) is 1. The number of hydrogen-bond donors (Lipinski definition) is 0. The Hall–Kier alpha value is -0.310. The maximum absolute atomic E-state index is 4.15. The van der Waals surface area contributed by atoms with Crippen LogP contribution in [0.3, 0.4) is 0 Å². The summed E-state index contributed by atoms with van der Waals surface area (Å²) in [6, 6.07) is 4.70. The van der Waals surface area contributed by atoms with E-state index in [1.807, 2.05) is 0 Å².